The van der Waals surface area contributed by atoms with E-state index in [9.17, 15) is 5.26 Å². The molecule has 1 aromatic carbocycles. The highest BCUT2D eigenvalue weighted by Crippen LogP contribution is 2.32. The number of fused-ring (bicyclic) bond motifs is 1. The van der Waals surface area contributed by atoms with E-state index in [-0.39, 0.29) is 30.3 Å². The summed E-state index contributed by atoms with van der Waals surface area (Å²) in [6.45, 7) is -11.0. The van der Waals surface area contributed by atoms with E-state index in [4.69, 9.17) is 30.8 Å². The van der Waals surface area contributed by atoms with Gasteiger partial charge in [-0.05, 0) is 36.5 Å². The quantitative estimate of drug-likeness (QED) is 0.711. The first-order valence-electron chi connectivity index (χ1n) is 14.1. The maximum absolute atomic E-state index is 9.21. The van der Waals surface area contributed by atoms with Gasteiger partial charge in [0.25, 0.3) is 0 Å². The standard InChI is InChI=1S/C19H18ClN5S/c20-17-9-16-18(22-12-23-19(16)26-17)24-15-4-6-25(7-5-15)11-14-3-1-2-13(8-14)10-21/h1-3,8-9,12,15H,4-7,11H2,(H,22,23,24)/i4D2,5D2,6D2,7D2,9D,11D2,12D,15D/hD. The lowest BCUT2D eigenvalue weighted by Crippen LogP contribution is -2.38. The van der Waals surface area contributed by atoms with Gasteiger partial charge in [0.1, 0.15) is 18.3 Å². The van der Waals surface area contributed by atoms with Crippen molar-refractivity contribution in [2.24, 2.45) is 0 Å². The SMILES string of the molecule is [2H]c1nc(N([2H])C2([2H])C([2H])([2H])C([2H])([2H])N(C([2H])([2H])c3cccc(C#N)c3)C([2H])([2H])C2([2H])[2H])c2c([2H])c(Cl)sc2n1. The number of rotatable bonds is 4. The third kappa shape index (κ3) is 3.80. The van der Waals surface area contributed by atoms with Crippen molar-refractivity contribution in [1.82, 2.24) is 14.9 Å². The number of benzene rings is 1. The smallest absolute Gasteiger partial charge is 0.162 e. The van der Waals surface area contributed by atoms with Crippen LogP contribution >= 0.6 is 22.9 Å². The molecule has 0 bridgehead atoms. The fourth-order valence-electron chi connectivity index (χ4n) is 2.08. The molecule has 132 valence electrons. The second-order valence-corrected chi connectivity index (χ2v) is 6.50. The van der Waals surface area contributed by atoms with E-state index in [0.29, 0.717) is 11.3 Å². The molecule has 0 unspecified atom stereocenters. The van der Waals surface area contributed by atoms with Gasteiger partial charge in [-0.15, -0.1) is 11.3 Å². The molecule has 1 fully saturated rings. The molecule has 3 aromatic rings. The average Bonchev–Trinajstić information content (AvgIpc) is 3.13. The Morgan fingerprint density at radius 1 is 1.54 bits per heavy atom. The van der Waals surface area contributed by atoms with Crippen molar-refractivity contribution < 1.29 is 19.2 Å². The van der Waals surface area contributed by atoms with Crippen molar-refractivity contribution in [3.8, 4) is 6.07 Å². The van der Waals surface area contributed by atoms with E-state index in [2.05, 4.69) is 9.97 Å². The van der Waals surface area contributed by atoms with Gasteiger partial charge in [0.15, 0.2) is 1.41 Å². The summed E-state index contributed by atoms with van der Waals surface area (Å²) in [5.74, 6) is -0.865. The lowest BCUT2D eigenvalue weighted by Gasteiger charge is -2.32. The first-order valence-corrected chi connectivity index (χ1v) is 8.35. The second kappa shape index (κ2) is 7.58. The van der Waals surface area contributed by atoms with Gasteiger partial charge in [0.05, 0.1) is 24.1 Å². The number of nitriles is 1. The molecule has 1 aliphatic rings. The number of nitrogens with one attached hydrogen (secondary N) is 1. The normalized spacial score (nSPS) is 33.2. The Labute approximate surface area is 181 Å². The van der Waals surface area contributed by atoms with Crippen molar-refractivity contribution in [3.05, 3.63) is 52.1 Å². The molecule has 7 heteroatoms. The molecule has 3 heterocycles. The topological polar surface area (TPSA) is 64.8 Å². The van der Waals surface area contributed by atoms with Gasteiger partial charge >= 0.3 is 0 Å². The zero-order valence-corrected chi connectivity index (χ0v) is 14.4. The second-order valence-electron chi connectivity index (χ2n) is 4.90. The molecular weight excluding hydrogens is 366 g/mol. The number of aromatic nitrogens is 2. The van der Waals surface area contributed by atoms with E-state index in [1.807, 2.05) is 0 Å². The predicted molar refractivity (Wildman–Crippen MR) is 106 cm³/mol. The number of likely N-dealkylation sites (tertiary alicyclic amines) is 1. The summed E-state index contributed by atoms with van der Waals surface area (Å²) < 4.78 is 120. The molecule has 26 heavy (non-hydrogen) atoms. The fraction of sp³-hybridized carbons (Fsp3) is 0.316. The molecule has 0 spiro atoms. The summed E-state index contributed by atoms with van der Waals surface area (Å²) in [6.07, 6.45) is -8.61. The van der Waals surface area contributed by atoms with Gasteiger partial charge in [-0.3, -0.25) is 4.90 Å². The van der Waals surface area contributed by atoms with Crippen molar-refractivity contribution in [2.75, 3.05) is 18.3 Å². The molecule has 0 aliphatic carbocycles. The Hall–Kier alpha value is -2.20. The lowest BCUT2D eigenvalue weighted by atomic mass is 10.0. The Morgan fingerprint density at radius 2 is 2.38 bits per heavy atom. The van der Waals surface area contributed by atoms with Gasteiger partial charge in [0, 0.05) is 39.2 Å². The number of hydrogen-bond donors (Lipinski definition) is 1. The minimum absolute atomic E-state index is 0.0858. The van der Waals surface area contributed by atoms with Crippen molar-refractivity contribution in [3.63, 3.8) is 0 Å². The Morgan fingerprint density at radius 3 is 3.19 bits per heavy atom. The molecule has 0 atom stereocenters. The van der Waals surface area contributed by atoms with Crippen molar-refractivity contribution in [1.29, 1.82) is 5.26 Å². The Kier molecular flexibility index (Phi) is 2.17. The number of halogens is 1. The highest BCUT2D eigenvalue weighted by Gasteiger charge is 2.20. The minimum Gasteiger partial charge on any atom is -0.367 e. The third-order valence-electron chi connectivity index (χ3n) is 3.18. The predicted octanol–water partition coefficient (Wildman–Crippen LogP) is 4.29. The summed E-state index contributed by atoms with van der Waals surface area (Å²) in [4.78, 5) is 6.99. The van der Waals surface area contributed by atoms with Crippen LogP contribution in [0.4, 0.5) is 5.82 Å². The number of nitrogens with zero attached hydrogens (tertiary/aromatic N) is 4. The van der Waals surface area contributed by atoms with Gasteiger partial charge < -0.3 is 5.31 Å². The van der Waals surface area contributed by atoms with Gasteiger partial charge in [-0.1, -0.05) is 23.7 Å². The van der Waals surface area contributed by atoms with Crippen LogP contribution in [0.1, 0.15) is 41.7 Å². The summed E-state index contributed by atoms with van der Waals surface area (Å²) in [6, 6.07) is 1.99. The van der Waals surface area contributed by atoms with E-state index < -0.39 is 62.0 Å². The number of piperidine rings is 1. The van der Waals surface area contributed by atoms with Crippen LogP contribution in [-0.4, -0.2) is 33.9 Å². The monoisotopic (exact) mass is 397 g/mol. The fourth-order valence-corrected chi connectivity index (χ4v) is 3.05. The molecule has 4 rings (SSSR count). The van der Waals surface area contributed by atoms with Crippen LogP contribution in [0.25, 0.3) is 10.2 Å². The highest BCUT2D eigenvalue weighted by atomic mass is 35.5. The number of hydrogen-bond acceptors (Lipinski definition) is 6. The van der Waals surface area contributed by atoms with Crippen molar-refractivity contribution in [2.45, 2.75) is 25.3 Å². The van der Waals surface area contributed by atoms with Crippen LogP contribution in [-0.2, 0) is 6.50 Å². The highest BCUT2D eigenvalue weighted by molar-refractivity contribution is 7.22. The molecule has 1 N–H and O–H groups in total. The summed E-state index contributed by atoms with van der Waals surface area (Å²) in [7, 11) is 0. The van der Waals surface area contributed by atoms with E-state index in [0.717, 1.165) is 12.1 Å². The van der Waals surface area contributed by atoms with Crippen LogP contribution < -0.4 is 5.31 Å². The van der Waals surface area contributed by atoms with Gasteiger partial charge in [-0.2, -0.15) is 5.26 Å². The minimum atomic E-state index is -3.92. The number of thiophene rings is 1. The maximum Gasteiger partial charge on any atom is 0.162 e. The van der Waals surface area contributed by atoms with Crippen LogP contribution in [0.3, 0.4) is 0 Å². The van der Waals surface area contributed by atoms with E-state index >= 15 is 0 Å². The summed E-state index contributed by atoms with van der Waals surface area (Å²) in [5.41, 5.74) is -0.577. The molecule has 0 radical (unpaired) electrons. The number of anilines is 1. The zero-order valence-electron chi connectivity index (χ0n) is 26.8. The zero-order chi connectivity index (χ0) is 30.4. The lowest BCUT2D eigenvalue weighted by molar-refractivity contribution is 0.211. The summed E-state index contributed by atoms with van der Waals surface area (Å²) in [5, 5.41) is 8.60. The van der Waals surface area contributed by atoms with Crippen molar-refractivity contribution >= 4 is 39.0 Å². The van der Waals surface area contributed by atoms with Crippen LogP contribution in [0, 0.1) is 11.3 Å². The largest absolute Gasteiger partial charge is 0.367 e. The Balaban J connectivity index is 2.01. The molecule has 5 nitrogen and oxygen atoms in total. The van der Waals surface area contributed by atoms with Crippen LogP contribution in [0.15, 0.2) is 36.6 Å². The third-order valence-corrected chi connectivity index (χ3v) is 4.27. The van der Waals surface area contributed by atoms with Gasteiger partial charge in [0.2, 0.25) is 0 Å². The first-order chi connectivity index (χ1) is 18.1. The van der Waals surface area contributed by atoms with Crippen LogP contribution in [0.5, 0.6) is 0 Å². The Bertz CT molecular complexity index is 1530. The van der Waals surface area contributed by atoms with Gasteiger partial charge in [-0.25, -0.2) is 9.97 Å². The molecular formula is C19H18ClN5S. The summed E-state index contributed by atoms with van der Waals surface area (Å²) >= 11 is 6.69. The van der Waals surface area contributed by atoms with E-state index in [1.165, 1.54) is 12.1 Å². The average molecular weight is 398 g/mol. The van der Waals surface area contributed by atoms with Crippen LogP contribution in [0.2, 0.25) is 5.75 Å². The molecule has 1 aliphatic heterocycles. The first kappa shape index (κ1) is 7.43. The van der Waals surface area contributed by atoms with E-state index in [1.54, 1.807) is 6.07 Å². The molecule has 1 saturated heterocycles. The maximum atomic E-state index is 9.21. The molecule has 2 aromatic heterocycles. The molecule has 0 saturated carbocycles. The molecule has 0 amide bonds.